The molecule has 0 aliphatic carbocycles. The molecule has 1 aliphatic heterocycles. The van der Waals surface area contributed by atoms with Gasteiger partial charge in [-0.15, -0.1) is 0 Å². The highest BCUT2D eigenvalue weighted by Crippen LogP contribution is 2.50. The van der Waals surface area contributed by atoms with Crippen LogP contribution < -0.4 is 14.2 Å². The number of carbonyl (C=O) groups is 2. The highest BCUT2D eigenvalue weighted by Gasteiger charge is 2.51. The van der Waals surface area contributed by atoms with Crippen LogP contribution in [0.2, 0.25) is 0 Å². The third-order valence-corrected chi connectivity index (χ3v) is 12.1. The van der Waals surface area contributed by atoms with E-state index in [1.54, 1.807) is 30.3 Å². The molecule has 11 heteroatoms. The number of fused-ring (bicyclic) bond motifs is 1. The summed E-state index contributed by atoms with van der Waals surface area (Å²) in [7, 11) is 1.46. The average Bonchev–Trinajstić information content (AvgIpc) is 3.90. The Hall–Kier alpha value is -7.38. The van der Waals surface area contributed by atoms with Crippen LogP contribution in [-0.4, -0.2) is 49.9 Å². The summed E-state index contributed by atoms with van der Waals surface area (Å²) in [6.07, 6.45) is -3.04. The molecule has 9 rings (SSSR count). The minimum absolute atomic E-state index is 0.0223. The van der Waals surface area contributed by atoms with E-state index >= 15 is 0 Å². The molecule has 1 aliphatic rings. The van der Waals surface area contributed by atoms with Gasteiger partial charge in [-0.25, -0.2) is 4.79 Å². The Morgan fingerprint density at radius 2 is 1.01 bits per heavy atom. The SMILES string of the molecule is COc1c(C(C)=O)c(OC(=O)c2ccc(OCc3ccccc3)cc2)c([C@@H]2O[C@H](COCc3ccccc3)[C@@H](OCc3ccccc3)[C@H](OCc3ccccc3)[C@H]2OCc2ccccc2)c2occc12. The first-order valence-corrected chi connectivity index (χ1v) is 23.3. The predicted molar refractivity (Wildman–Crippen MR) is 264 cm³/mol. The van der Waals surface area contributed by atoms with Crippen LogP contribution in [0.15, 0.2) is 193 Å². The van der Waals surface area contributed by atoms with Gasteiger partial charge in [0.05, 0.1) is 62.9 Å². The minimum Gasteiger partial charge on any atom is -0.495 e. The molecule has 0 saturated carbocycles. The second-order valence-electron chi connectivity index (χ2n) is 16.9. The van der Waals surface area contributed by atoms with Crippen molar-refractivity contribution in [1.29, 1.82) is 0 Å². The van der Waals surface area contributed by atoms with Gasteiger partial charge in [0.1, 0.15) is 59.8 Å². The van der Waals surface area contributed by atoms with Crippen molar-refractivity contribution in [2.45, 2.75) is 70.5 Å². The van der Waals surface area contributed by atoms with Crippen molar-refractivity contribution in [1.82, 2.24) is 0 Å². The van der Waals surface area contributed by atoms with Crippen LogP contribution in [0, 0.1) is 0 Å². The summed E-state index contributed by atoms with van der Waals surface area (Å²) >= 11 is 0. The quantitative estimate of drug-likeness (QED) is 0.0389. The molecule has 2 heterocycles. The lowest BCUT2D eigenvalue weighted by atomic mass is 9.87. The Bertz CT molecular complexity index is 2910. The van der Waals surface area contributed by atoms with Crippen LogP contribution >= 0.6 is 0 Å². The lowest BCUT2D eigenvalue weighted by Gasteiger charge is -2.46. The maximum absolute atomic E-state index is 14.5. The summed E-state index contributed by atoms with van der Waals surface area (Å²) < 4.78 is 59.6. The number of methoxy groups -OCH3 is 1. The van der Waals surface area contributed by atoms with Crippen molar-refractivity contribution in [2.75, 3.05) is 13.7 Å². The first-order chi connectivity index (χ1) is 34.4. The Balaban J connectivity index is 1.16. The van der Waals surface area contributed by atoms with Gasteiger partial charge in [-0.2, -0.15) is 0 Å². The molecular weight excluding hydrogens is 885 g/mol. The first kappa shape index (κ1) is 47.7. The minimum atomic E-state index is -1.12. The second-order valence-corrected chi connectivity index (χ2v) is 16.9. The molecule has 0 unspecified atom stereocenters. The van der Waals surface area contributed by atoms with Crippen LogP contribution in [0.5, 0.6) is 17.2 Å². The molecule has 0 bridgehead atoms. The van der Waals surface area contributed by atoms with Crippen molar-refractivity contribution in [3.05, 3.63) is 233 Å². The van der Waals surface area contributed by atoms with E-state index in [4.69, 9.17) is 42.3 Å². The van der Waals surface area contributed by atoms with Crippen molar-refractivity contribution >= 4 is 22.7 Å². The summed E-state index contributed by atoms with van der Waals surface area (Å²) in [5.41, 5.74) is 5.48. The third-order valence-electron chi connectivity index (χ3n) is 12.1. The molecule has 1 saturated heterocycles. The average molecular weight is 939 g/mol. The summed E-state index contributed by atoms with van der Waals surface area (Å²) in [5, 5.41) is 0.467. The largest absolute Gasteiger partial charge is 0.495 e. The number of benzene rings is 7. The van der Waals surface area contributed by atoms with Crippen LogP contribution in [0.4, 0.5) is 0 Å². The fraction of sp³-hybridized carbons (Fsp3) is 0.220. The second kappa shape index (κ2) is 23.3. The van der Waals surface area contributed by atoms with Gasteiger partial charge in [0, 0.05) is 0 Å². The number of hydrogen-bond donors (Lipinski definition) is 0. The molecule has 0 N–H and O–H groups in total. The van der Waals surface area contributed by atoms with E-state index in [-0.39, 0.29) is 60.2 Å². The molecule has 70 heavy (non-hydrogen) atoms. The van der Waals surface area contributed by atoms with E-state index in [9.17, 15) is 9.59 Å². The first-order valence-electron chi connectivity index (χ1n) is 23.3. The molecule has 1 aromatic heterocycles. The third kappa shape index (κ3) is 11.5. The van der Waals surface area contributed by atoms with Crippen molar-refractivity contribution in [2.24, 2.45) is 0 Å². The van der Waals surface area contributed by atoms with Gasteiger partial charge >= 0.3 is 5.97 Å². The number of esters is 1. The maximum atomic E-state index is 14.5. The molecule has 5 atom stereocenters. The number of carbonyl (C=O) groups excluding carboxylic acids is 2. The zero-order valence-corrected chi connectivity index (χ0v) is 39.0. The van der Waals surface area contributed by atoms with Crippen molar-refractivity contribution in [3.8, 4) is 17.2 Å². The highest BCUT2D eigenvalue weighted by atomic mass is 16.6. The lowest BCUT2D eigenvalue weighted by molar-refractivity contribution is -0.275. The predicted octanol–water partition coefficient (Wildman–Crippen LogP) is 11.9. The highest BCUT2D eigenvalue weighted by molar-refractivity contribution is 6.08. The fourth-order valence-corrected chi connectivity index (χ4v) is 8.67. The smallest absolute Gasteiger partial charge is 0.343 e. The topological polar surface area (TPSA) is 121 Å². The molecule has 0 radical (unpaired) electrons. The monoisotopic (exact) mass is 938 g/mol. The number of furan rings is 1. The van der Waals surface area contributed by atoms with Gasteiger partial charge in [-0.05, 0) is 65.1 Å². The molecule has 356 valence electrons. The van der Waals surface area contributed by atoms with E-state index in [1.165, 1.54) is 20.3 Å². The van der Waals surface area contributed by atoms with Crippen molar-refractivity contribution < 1.29 is 51.9 Å². The van der Waals surface area contributed by atoms with E-state index in [0.717, 1.165) is 27.8 Å². The number of hydrogen-bond acceptors (Lipinski definition) is 11. The summed E-state index contributed by atoms with van der Waals surface area (Å²) in [6, 6.07) is 57.5. The maximum Gasteiger partial charge on any atom is 0.343 e. The fourth-order valence-electron chi connectivity index (χ4n) is 8.67. The molecule has 0 spiro atoms. The number of rotatable bonds is 21. The van der Waals surface area contributed by atoms with E-state index < -0.39 is 42.3 Å². The van der Waals surface area contributed by atoms with Gasteiger partial charge in [0.25, 0.3) is 0 Å². The van der Waals surface area contributed by atoms with Gasteiger partial charge in [-0.1, -0.05) is 152 Å². The lowest BCUT2D eigenvalue weighted by Crippen LogP contribution is -2.58. The van der Waals surface area contributed by atoms with E-state index in [2.05, 4.69) is 0 Å². The van der Waals surface area contributed by atoms with Crippen LogP contribution in [0.25, 0.3) is 11.0 Å². The standard InChI is InChI=1S/C59H54O11/c1-40(60)50-52(62-2)48-32-33-64-53(48)51(55(50)70-59(61)46-28-30-47(31-29-46)65-35-42-20-10-4-11-21-42)56-58(68-38-45-26-16-7-17-27-45)57(67-37-44-24-14-6-15-25-44)54(66-36-43-22-12-5-13-23-43)49(69-56)39-63-34-41-18-8-3-9-19-41/h3-33,49,54,56-58H,34-39H2,1-2H3/t49-,54-,56+,57+,58+/m1/s1. The number of ketones is 1. The Morgan fingerprint density at radius 3 is 1.53 bits per heavy atom. The normalized spacial score (nSPS) is 17.8. The van der Waals surface area contributed by atoms with Crippen LogP contribution in [0.1, 0.15) is 67.1 Å². The van der Waals surface area contributed by atoms with E-state index in [1.807, 2.05) is 152 Å². The van der Waals surface area contributed by atoms with Gasteiger partial charge in [0.2, 0.25) is 0 Å². The summed E-state index contributed by atoms with van der Waals surface area (Å²) in [6.45, 7) is 2.65. The number of Topliss-reactive ketones (excluding diaryl/α,β-unsaturated/α-hetero) is 1. The Morgan fingerprint density at radius 1 is 0.529 bits per heavy atom. The summed E-state index contributed by atoms with van der Waals surface area (Å²) in [4.78, 5) is 28.6. The number of ether oxygens (including phenoxy) is 8. The van der Waals surface area contributed by atoms with Gasteiger partial charge in [0.15, 0.2) is 11.5 Å². The molecular formula is C59H54O11. The molecule has 7 aromatic carbocycles. The Kier molecular flexibility index (Phi) is 15.9. The van der Waals surface area contributed by atoms with Gasteiger partial charge in [-0.3, -0.25) is 4.79 Å². The zero-order chi connectivity index (χ0) is 48.1. The van der Waals surface area contributed by atoms with Gasteiger partial charge < -0.3 is 42.3 Å². The molecule has 8 aromatic rings. The molecule has 1 fully saturated rings. The Labute approximate surface area is 407 Å². The molecule has 0 amide bonds. The van der Waals surface area contributed by atoms with Crippen LogP contribution in [0.3, 0.4) is 0 Å². The van der Waals surface area contributed by atoms with E-state index in [0.29, 0.717) is 24.3 Å². The van der Waals surface area contributed by atoms with Crippen LogP contribution in [-0.2, 0) is 56.7 Å². The zero-order valence-electron chi connectivity index (χ0n) is 39.0. The van der Waals surface area contributed by atoms with Crippen molar-refractivity contribution in [3.63, 3.8) is 0 Å². The summed E-state index contributed by atoms with van der Waals surface area (Å²) in [5.74, 6) is -0.533. The molecule has 11 nitrogen and oxygen atoms in total.